The normalized spacial score (nSPS) is 25.5. The van der Waals surface area contributed by atoms with E-state index in [1.807, 2.05) is 0 Å². The quantitative estimate of drug-likeness (QED) is 0.565. The van der Waals surface area contributed by atoms with Crippen LogP contribution in [0.15, 0.2) is 12.2 Å². The summed E-state index contributed by atoms with van der Waals surface area (Å²) in [6.45, 7) is 6.57. The first-order valence-electron chi connectivity index (χ1n) is 5.18. The Kier molecular flexibility index (Phi) is 3.29. The maximum atomic E-state index is 11.2. The molecule has 1 unspecified atom stereocenters. The number of hydrogen-bond donors (Lipinski definition) is 0. The Balaban J connectivity index is 2.44. The van der Waals surface area contributed by atoms with Gasteiger partial charge in [-0.25, -0.2) is 0 Å². The molecule has 0 aromatic heterocycles. The number of ketones is 1. The van der Waals surface area contributed by atoms with Crippen LogP contribution < -0.4 is 0 Å². The van der Waals surface area contributed by atoms with E-state index in [4.69, 9.17) is 0 Å². The van der Waals surface area contributed by atoms with Crippen molar-refractivity contribution < 1.29 is 4.79 Å². The summed E-state index contributed by atoms with van der Waals surface area (Å²) in [6.07, 6.45) is 8.32. The van der Waals surface area contributed by atoms with Gasteiger partial charge in [0.05, 0.1) is 0 Å². The minimum atomic E-state index is 0.250. The average molecular weight is 180 g/mol. The highest BCUT2D eigenvalue weighted by molar-refractivity contribution is 5.79. The van der Waals surface area contributed by atoms with E-state index in [2.05, 4.69) is 32.9 Å². The fourth-order valence-electron chi connectivity index (χ4n) is 1.65. The highest BCUT2D eigenvalue weighted by atomic mass is 16.1. The van der Waals surface area contributed by atoms with Gasteiger partial charge in [0.2, 0.25) is 0 Å². The zero-order valence-corrected chi connectivity index (χ0v) is 8.97. The van der Waals surface area contributed by atoms with Gasteiger partial charge in [-0.3, -0.25) is 4.79 Å². The third-order valence-electron chi connectivity index (χ3n) is 2.39. The fraction of sp³-hybridized carbons (Fsp3) is 0.750. The van der Waals surface area contributed by atoms with Crippen molar-refractivity contribution in [3.63, 3.8) is 0 Å². The fourth-order valence-corrected chi connectivity index (χ4v) is 1.65. The van der Waals surface area contributed by atoms with Crippen LogP contribution in [0, 0.1) is 11.3 Å². The van der Waals surface area contributed by atoms with Crippen molar-refractivity contribution in [2.24, 2.45) is 11.3 Å². The molecule has 74 valence electrons. The van der Waals surface area contributed by atoms with Crippen molar-refractivity contribution in [2.75, 3.05) is 0 Å². The minimum absolute atomic E-state index is 0.250. The molecule has 0 aliphatic heterocycles. The maximum Gasteiger partial charge on any atom is 0.133 e. The summed E-state index contributed by atoms with van der Waals surface area (Å²) in [5.41, 5.74) is 0.250. The van der Waals surface area contributed by atoms with Crippen molar-refractivity contribution >= 4 is 5.78 Å². The number of hydrogen-bond acceptors (Lipinski definition) is 1. The number of rotatable bonds is 1. The average Bonchev–Trinajstić information content (AvgIpc) is 2.00. The van der Waals surface area contributed by atoms with Crippen molar-refractivity contribution in [2.45, 2.75) is 46.5 Å². The van der Waals surface area contributed by atoms with Gasteiger partial charge in [0.1, 0.15) is 5.78 Å². The van der Waals surface area contributed by atoms with Gasteiger partial charge < -0.3 is 0 Å². The zero-order valence-electron chi connectivity index (χ0n) is 8.97. The van der Waals surface area contributed by atoms with E-state index in [-0.39, 0.29) is 5.41 Å². The van der Waals surface area contributed by atoms with Crippen LogP contribution in [-0.4, -0.2) is 5.78 Å². The summed E-state index contributed by atoms with van der Waals surface area (Å²) in [6, 6.07) is 0. The second kappa shape index (κ2) is 4.08. The Hall–Kier alpha value is -0.590. The lowest BCUT2D eigenvalue weighted by molar-refractivity contribution is -0.121. The summed E-state index contributed by atoms with van der Waals surface area (Å²) < 4.78 is 0. The molecule has 1 rings (SSSR count). The standard InChI is InChI=1S/C12H20O/c1-12(2,3)8-7-10-5-4-6-11(13)9-10/h7-8,10H,4-6,9H2,1-3H3/b8-7+. The van der Waals surface area contributed by atoms with Crippen LogP contribution in [0.2, 0.25) is 0 Å². The Morgan fingerprint density at radius 2 is 2.08 bits per heavy atom. The SMILES string of the molecule is CC(C)(C)/C=C/C1CCCC(=O)C1. The molecule has 0 heterocycles. The van der Waals surface area contributed by atoms with Crippen LogP contribution in [0.3, 0.4) is 0 Å². The first-order valence-corrected chi connectivity index (χ1v) is 5.18. The summed E-state index contributed by atoms with van der Waals surface area (Å²) in [5.74, 6) is 0.954. The van der Waals surface area contributed by atoms with Gasteiger partial charge in [-0.15, -0.1) is 0 Å². The number of Topliss-reactive ketones (excluding diaryl/α,β-unsaturated/α-hetero) is 1. The smallest absolute Gasteiger partial charge is 0.133 e. The van der Waals surface area contributed by atoms with E-state index in [0.29, 0.717) is 11.7 Å². The largest absolute Gasteiger partial charge is 0.300 e. The highest BCUT2D eigenvalue weighted by Gasteiger charge is 2.17. The van der Waals surface area contributed by atoms with Gasteiger partial charge >= 0.3 is 0 Å². The Morgan fingerprint density at radius 1 is 1.38 bits per heavy atom. The summed E-state index contributed by atoms with van der Waals surface area (Å²) >= 11 is 0. The van der Waals surface area contributed by atoms with Gasteiger partial charge in [0, 0.05) is 12.8 Å². The van der Waals surface area contributed by atoms with E-state index < -0.39 is 0 Å². The van der Waals surface area contributed by atoms with E-state index in [9.17, 15) is 4.79 Å². The molecule has 1 nitrogen and oxygen atoms in total. The highest BCUT2D eigenvalue weighted by Crippen LogP contribution is 2.24. The predicted octanol–water partition coefficient (Wildman–Crippen LogP) is 3.35. The summed E-state index contributed by atoms with van der Waals surface area (Å²) in [4.78, 5) is 11.2. The second-order valence-electron chi connectivity index (χ2n) is 5.12. The van der Waals surface area contributed by atoms with Gasteiger partial charge in [-0.1, -0.05) is 32.9 Å². The second-order valence-corrected chi connectivity index (χ2v) is 5.12. The summed E-state index contributed by atoms with van der Waals surface area (Å²) in [7, 11) is 0. The maximum absolute atomic E-state index is 11.2. The molecule has 1 fully saturated rings. The summed E-state index contributed by atoms with van der Waals surface area (Å²) in [5, 5.41) is 0. The van der Waals surface area contributed by atoms with Crippen LogP contribution in [0.5, 0.6) is 0 Å². The lowest BCUT2D eigenvalue weighted by atomic mass is 9.86. The molecule has 0 aromatic rings. The van der Waals surface area contributed by atoms with Crippen molar-refractivity contribution in [1.29, 1.82) is 0 Å². The van der Waals surface area contributed by atoms with E-state index in [1.165, 1.54) is 6.42 Å². The van der Waals surface area contributed by atoms with Gasteiger partial charge in [-0.2, -0.15) is 0 Å². The Labute approximate surface area is 81.2 Å². The van der Waals surface area contributed by atoms with E-state index >= 15 is 0 Å². The molecule has 0 aromatic carbocycles. The van der Waals surface area contributed by atoms with Crippen LogP contribution in [0.25, 0.3) is 0 Å². The predicted molar refractivity (Wildman–Crippen MR) is 55.6 cm³/mol. The molecule has 0 bridgehead atoms. The molecule has 13 heavy (non-hydrogen) atoms. The number of allylic oxidation sites excluding steroid dienone is 2. The van der Waals surface area contributed by atoms with Crippen molar-refractivity contribution in [1.82, 2.24) is 0 Å². The van der Waals surface area contributed by atoms with Crippen LogP contribution >= 0.6 is 0 Å². The third kappa shape index (κ3) is 4.25. The van der Waals surface area contributed by atoms with Gasteiger partial charge in [0.25, 0.3) is 0 Å². The zero-order chi connectivity index (χ0) is 9.90. The first kappa shape index (κ1) is 10.5. The van der Waals surface area contributed by atoms with E-state index in [0.717, 1.165) is 19.3 Å². The molecule has 1 saturated carbocycles. The lowest BCUT2D eigenvalue weighted by Gasteiger charge is -2.19. The van der Waals surface area contributed by atoms with Crippen molar-refractivity contribution in [3.05, 3.63) is 12.2 Å². The molecule has 1 aliphatic carbocycles. The molecular formula is C12H20O. The molecule has 1 atom stereocenters. The molecule has 0 spiro atoms. The van der Waals surface area contributed by atoms with Gasteiger partial charge in [-0.05, 0) is 24.2 Å². The third-order valence-corrected chi connectivity index (χ3v) is 2.39. The Bertz CT molecular complexity index is 208. The minimum Gasteiger partial charge on any atom is -0.300 e. The van der Waals surface area contributed by atoms with Crippen LogP contribution in [0.1, 0.15) is 46.5 Å². The topological polar surface area (TPSA) is 17.1 Å². The van der Waals surface area contributed by atoms with Crippen molar-refractivity contribution in [3.8, 4) is 0 Å². The Morgan fingerprint density at radius 3 is 2.62 bits per heavy atom. The molecule has 0 radical (unpaired) electrons. The molecule has 1 aliphatic rings. The number of carbonyl (C=O) groups excluding carboxylic acids is 1. The lowest BCUT2D eigenvalue weighted by Crippen LogP contribution is -2.13. The van der Waals surface area contributed by atoms with Gasteiger partial charge in [0.15, 0.2) is 0 Å². The molecule has 1 heteroatoms. The number of carbonyl (C=O) groups is 1. The molecule has 0 amide bonds. The van der Waals surface area contributed by atoms with Crippen LogP contribution in [-0.2, 0) is 4.79 Å². The molecular weight excluding hydrogens is 160 g/mol. The van der Waals surface area contributed by atoms with E-state index in [1.54, 1.807) is 0 Å². The molecule has 0 N–H and O–H groups in total. The van der Waals surface area contributed by atoms with Crippen LogP contribution in [0.4, 0.5) is 0 Å². The first-order chi connectivity index (χ1) is 5.97. The molecule has 0 saturated heterocycles. The monoisotopic (exact) mass is 180 g/mol.